The third-order valence-corrected chi connectivity index (χ3v) is 11.9. The van der Waals surface area contributed by atoms with Crippen molar-refractivity contribution in [1.82, 2.24) is 4.98 Å². The lowest BCUT2D eigenvalue weighted by molar-refractivity contribution is 0.444. The molecule has 0 saturated heterocycles. The molecule has 0 fully saturated rings. The smallest absolute Gasteiger partial charge is 0.128 e. The van der Waals surface area contributed by atoms with Crippen LogP contribution in [0.1, 0.15) is 111 Å². The molecule has 0 amide bonds. The van der Waals surface area contributed by atoms with Crippen LogP contribution in [0, 0.1) is 0 Å². The Morgan fingerprint density at radius 3 is 1.79 bits per heavy atom. The molecule has 3 nitrogen and oxygen atoms in total. The normalized spacial score (nSPS) is 13.0. The number of nitrogens with zero attached hydrogens (tertiary/aromatic N) is 2. The van der Waals surface area contributed by atoms with Gasteiger partial charge in [-0.2, -0.15) is 0 Å². The van der Waals surface area contributed by atoms with Gasteiger partial charge in [-0.15, -0.1) is 11.3 Å². The van der Waals surface area contributed by atoms with E-state index in [1.54, 1.807) is 11.3 Å². The van der Waals surface area contributed by atoms with Gasteiger partial charge in [-0.1, -0.05) is 162 Å². The standard InChI is InChI=1S/C52H56N2OS/c1-49(2,3)36-24-33(25-37(29-36)50(4,5)6)34-27-42(40-22-17-19-32-18-13-14-20-39(32)40)46-45(28-34)56-48(54-46)41-21-15-16-23-44(41)53-31-35-26-38(51(7,8)9)30-43(47(35)55)52(10,11)12/h13-31,55H,1-12H3. The Hall–Kier alpha value is -5.06. The average molecular weight is 757 g/mol. The summed E-state index contributed by atoms with van der Waals surface area (Å²) < 4.78 is 1.13. The van der Waals surface area contributed by atoms with E-state index in [2.05, 4.69) is 180 Å². The fourth-order valence-corrected chi connectivity index (χ4v) is 8.37. The molecule has 0 saturated carbocycles. The number of para-hydroxylation sites is 1. The molecule has 0 atom stereocenters. The van der Waals surface area contributed by atoms with Gasteiger partial charge in [0.05, 0.1) is 15.9 Å². The Bertz CT molecular complexity index is 2590. The molecule has 0 radical (unpaired) electrons. The lowest BCUT2D eigenvalue weighted by atomic mass is 9.78. The number of phenols is 1. The lowest BCUT2D eigenvalue weighted by Gasteiger charge is -2.27. The highest BCUT2D eigenvalue weighted by molar-refractivity contribution is 7.21. The molecule has 56 heavy (non-hydrogen) atoms. The summed E-state index contributed by atoms with van der Waals surface area (Å²) in [6.45, 7) is 26.8. The summed E-state index contributed by atoms with van der Waals surface area (Å²) in [7, 11) is 0. The molecule has 7 aromatic rings. The van der Waals surface area contributed by atoms with Gasteiger partial charge < -0.3 is 5.11 Å². The van der Waals surface area contributed by atoms with Gasteiger partial charge in [0.15, 0.2) is 0 Å². The predicted molar refractivity (Wildman–Crippen MR) is 244 cm³/mol. The molecule has 7 rings (SSSR count). The van der Waals surface area contributed by atoms with Crippen molar-refractivity contribution in [3.05, 3.63) is 137 Å². The van der Waals surface area contributed by atoms with Crippen LogP contribution in [-0.4, -0.2) is 16.3 Å². The minimum absolute atomic E-state index is 0.000373. The van der Waals surface area contributed by atoms with Gasteiger partial charge in [0.25, 0.3) is 0 Å². The third kappa shape index (κ3) is 7.82. The van der Waals surface area contributed by atoms with Crippen molar-refractivity contribution in [2.45, 2.75) is 105 Å². The van der Waals surface area contributed by atoms with Gasteiger partial charge in [0.2, 0.25) is 0 Å². The fraction of sp³-hybridized carbons (Fsp3) is 0.308. The van der Waals surface area contributed by atoms with Gasteiger partial charge in [-0.3, -0.25) is 4.99 Å². The van der Waals surface area contributed by atoms with Crippen LogP contribution in [0.25, 0.3) is 53.8 Å². The first-order chi connectivity index (χ1) is 26.2. The van der Waals surface area contributed by atoms with Crippen molar-refractivity contribution in [3.63, 3.8) is 0 Å². The van der Waals surface area contributed by atoms with Crippen molar-refractivity contribution in [2.24, 2.45) is 4.99 Å². The molecule has 0 unspecified atom stereocenters. The second-order valence-electron chi connectivity index (χ2n) is 19.5. The molecule has 0 aliphatic rings. The molecular formula is C52H56N2OS. The van der Waals surface area contributed by atoms with E-state index in [4.69, 9.17) is 9.98 Å². The second kappa shape index (κ2) is 14.2. The van der Waals surface area contributed by atoms with Crippen LogP contribution < -0.4 is 0 Å². The second-order valence-corrected chi connectivity index (χ2v) is 20.5. The summed E-state index contributed by atoms with van der Waals surface area (Å²) in [5.74, 6) is 0.282. The monoisotopic (exact) mass is 756 g/mol. The number of aliphatic imine (C=N–C) groups is 1. The fourth-order valence-electron chi connectivity index (χ4n) is 7.30. The molecule has 1 aromatic heterocycles. The first-order valence-corrected chi connectivity index (χ1v) is 20.6. The third-order valence-electron chi connectivity index (χ3n) is 10.9. The number of aromatic hydroxyl groups is 1. The van der Waals surface area contributed by atoms with E-state index in [0.29, 0.717) is 0 Å². The molecule has 1 N–H and O–H groups in total. The molecule has 1 heterocycles. The number of phenolic OH excluding ortho intramolecular Hbond substituents is 1. The Morgan fingerprint density at radius 1 is 0.554 bits per heavy atom. The van der Waals surface area contributed by atoms with E-state index >= 15 is 0 Å². The summed E-state index contributed by atoms with van der Waals surface area (Å²) in [4.78, 5) is 10.5. The van der Waals surface area contributed by atoms with Crippen molar-refractivity contribution in [1.29, 1.82) is 0 Å². The summed E-state index contributed by atoms with van der Waals surface area (Å²) in [5, 5.41) is 14.9. The zero-order chi connectivity index (χ0) is 40.4. The van der Waals surface area contributed by atoms with Crippen LogP contribution in [0.4, 0.5) is 5.69 Å². The molecule has 286 valence electrons. The number of aromatic nitrogens is 1. The maximum atomic E-state index is 11.5. The predicted octanol–water partition coefficient (Wildman–Crippen LogP) is 15.1. The Kier molecular flexibility index (Phi) is 9.90. The summed E-state index contributed by atoms with van der Waals surface area (Å²) >= 11 is 1.71. The number of hydrogen-bond donors (Lipinski definition) is 1. The van der Waals surface area contributed by atoms with Gasteiger partial charge in [0.1, 0.15) is 10.8 Å². The Labute approximate surface area is 338 Å². The van der Waals surface area contributed by atoms with Gasteiger partial charge in [0, 0.05) is 28.5 Å². The molecule has 4 heteroatoms. The highest BCUT2D eigenvalue weighted by Gasteiger charge is 2.26. The minimum Gasteiger partial charge on any atom is -0.507 e. The van der Waals surface area contributed by atoms with E-state index < -0.39 is 0 Å². The van der Waals surface area contributed by atoms with E-state index in [0.717, 1.165) is 43.2 Å². The van der Waals surface area contributed by atoms with Crippen molar-refractivity contribution >= 4 is 44.2 Å². The van der Waals surface area contributed by atoms with Crippen LogP contribution in [0.3, 0.4) is 0 Å². The van der Waals surface area contributed by atoms with E-state index in [1.165, 1.54) is 44.2 Å². The van der Waals surface area contributed by atoms with Crippen molar-refractivity contribution in [3.8, 4) is 38.6 Å². The van der Waals surface area contributed by atoms with E-state index in [9.17, 15) is 5.11 Å². The first-order valence-electron chi connectivity index (χ1n) is 19.8. The molecule has 6 aromatic carbocycles. The number of hydrogen-bond acceptors (Lipinski definition) is 4. The Balaban J connectivity index is 1.44. The number of fused-ring (bicyclic) bond motifs is 2. The molecule has 0 spiro atoms. The highest BCUT2D eigenvalue weighted by atomic mass is 32.1. The van der Waals surface area contributed by atoms with Crippen molar-refractivity contribution < 1.29 is 5.11 Å². The molecule has 0 bridgehead atoms. The number of thiazole rings is 1. The first kappa shape index (κ1) is 39.2. The van der Waals surface area contributed by atoms with Crippen LogP contribution in [0.5, 0.6) is 5.75 Å². The maximum Gasteiger partial charge on any atom is 0.128 e. The van der Waals surface area contributed by atoms with Gasteiger partial charge >= 0.3 is 0 Å². The highest BCUT2D eigenvalue weighted by Crippen LogP contribution is 2.44. The summed E-state index contributed by atoms with van der Waals surface area (Å²) in [5.41, 5.74) is 12.6. The number of benzene rings is 6. The summed E-state index contributed by atoms with van der Waals surface area (Å²) in [6.07, 6.45) is 1.82. The number of rotatable bonds is 5. The van der Waals surface area contributed by atoms with Crippen LogP contribution in [-0.2, 0) is 21.7 Å². The maximum absolute atomic E-state index is 11.5. The van der Waals surface area contributed by atoms with Gasteiger partial charge in [-0.25, -0.2) is 4.98 Å². The molecule has 0 aliphatic carbocycles. The lowest BCUT2D eigenvalue weighted by Crippen LogP contribution is -2.17. The SMILES string of the molecule is CC(C)(C)c1cc(-c2cc(-c3cccc4ccccc34)c3nc(-c4ccccc4N=Cc4cc(C(C)(C)C)cc(C(C)(C)C)c4O)sc3c2)cc(C(C)(C)C)c1. The van der Waals surface area contributed by atoms with Crippen molar-refractivity contribution in [2.75, 3.05) is 0 Å². The zero-order valence-electron chi connectivity index (χ0n) is 35.2. The molecule has 0 aliphatic heterocycles. The largest absolute Gasteiger partial charge is 0.507 e. The Morgan fingerprint density at radius 2 is 1.12 bits per heavy atom. The van der Waals surface area contributed by atoms with Gasteiger partial charge in [-0.05, 0) is 96.1 Å². The van der Waals surface area contributed by atoms with Crippen LogP contribution >= 0.6 is 11.3 Å². The topological polar surface area (TPSA) is 45.5 Å². The quantitative estimate of drug-likeness (QED) is 0.178. The summed E-state index contributed by atoms with van der Waals surface area (Å²) in [6, 6.07) is 39.5. The minimum atomic E-state index is -0.226. The van der Waals surface area contributed by atoms with E-state index in [-0.39, 0.29) is 27.4 Å². The van der Waals surface area contributed by atoms with E-state index in [1.807, 2.05) is 18.3 Å². The van der Waals surface area contributed by atoms with Crippen LogP contribution in [0.15, 0.2) is 114 Å². The average Bonchev–Trinajstić information content (AvgIpc) is 3.56. The zero-order valence-corrected chi connectivity index (χ0v) is 36.0. The van der Waals surface area contributed by atoms with Crippen LogP contribution in [0.2, 0.25) is 0 Å². The molecular weight excluding hydrogens is 701 g/mol.